The largest absolute Gasteiger partial charge is 0.383 e. The Morgan fingerprint density at radius 2 is 1.81 bits per heavy atom. The maximum absolute atomic E-state index is 12.6. The lowest BCUT2D eigenvalue weighted by Gasteiger charge is -2.18. The number of fused-ring (bicyclic) bond motifs is 1. The lowest BCUT2D eigenvalue weighted by Crippen LogP contribution is -2.29. The van der Waals surface area contributed by atoms with Crippen LogP contribution in [-0.4, -0.2) is 74.4 Å². The van der Waals surface area contributed by atoms with Gasteiger partial charge in [-0.25, -0.2) is 4.98 Å². The smallest absolute Gasteiger partial charge is 0.253 e. The number of anilines is 4. The summed E-state index contributed by atoms with van der Waals surface area (Å²) in [5, 5.41) is 9.67. The highest BCUT2D eigenvalue weighted by Crippen LogP contribution is 2.28. The van der Waals surface area contributed by atoms with Gasteiger partial charge in [-0.1, -0.05) is 29.8 Å². The zero-order valence-electron chi connectivity index (χ0n) is 21.2. The molecule has 196 valence electrons. The summed E-state index contributed by atoms with van der Waals surface area (Å²) in [6.07, 6.45) is 3.53. The minimum absolute atomic E-state index is 0.213. The highest BCUT2D eigenvalue weighted by Gasteiger charge is 2.16. The molecular weight excluding hydrogens is 492 g/mol. The van der Waals surface area contributed by atoms with Crippen LogP contribution in [0.25, 0.3) is 0 Å². The zero-order valence-corrected chi connectivity index (χ0v) is 22.0. The third kappa shape index (κ3) is 7.39. The standard InChI is InChI=1S/C27H33ClN6O3/c1-36-15-11-29-26(35)22-5-3-4-6-24(22)32-25-23(28)18-30-27(33-25)31-21-8-7-19-9-12-34(14-16-37-2)13-10-20(19)17-21/h3-8,17-18H,9-16H2,1-2H3,(H,29,35)(H2,30,31,32,33). The lowest BCUT2D eigenvalue weighted by atomic mass is 10.0. The Morgan fingerprint density at radius 3 is 2.62 bits per heavy atom. The van der Waals surface area contributed by atoms with E-state index in [9.17, 15) is 4.79 Å². The molecule has 0 spiro atoms. The fourth-order valence-corrected chi connectivity index (χ4v) is 4.36. The lowest BCUT2D eigenvalue weighted by molar-refractivity contribution is 0.0938. The molecule has 3 aromatic rings. The molecule has 1 aliphatic rings. The van der Waals surface area contributed by atoms with E-state index in [-0.39, 0.29) is 5.91 Å². The number of carbonyl (C=O) groups excluding carboxylic acids is 1. The van der Waals surface area contributed by atoms with Crippen LogP contribution in [0.3, 0.4) is 0 Å². The van der Waals surface area contributed by atoms with E-state index in [0.717, 1.165) is 44.8 Å². The first kappa shape index (κ1) is 26.8. The van der Waals surface area contributed by atoms with Crippen molar-refractivity contribution >= 4 is 40.6 Å². The van der Waals surface area contributed by atoms with Crippen molar-refractivity contribution in [3.8, 4) is 0 Å². The molecule has 0 unspecified atom stereocenters. The fraction of sp³-hybridized carbons (Fsp3) is 0.370. The summed E-state index contributed by atoms with van der Waals surface area (Å²) in [5.74, 6) is 0.596. The Balaban J connectivity index is 1.47. The fourth-order valence-electron chi connectivity index (χ4n) is 4.22. The van der Waals surface area contributed by atoms with Gasteiger partial charge in [-0.3, -0.25) is 4.79 Å². The van der Waals surface area contributed by atoms with Gasteiger partial charge in [0.15, 0.2) is 5.82 Å². The molecule has 4 rings (SSSR count). The molecule has 1 aromatic heterocycles. The maximum atomic E-state index is 12.6. The molecule has 0 aliphatic carbocycles. The highest BCUT2D eigenvalue weighted by molar-refractivity contribution is 6.33. The van der Waals surface area contributed by atoms with Crippen molar-refractivity contribution in [2.45, 2.75) is 12.8 Å². The molecule has 10 heteroatoms. The molecule has 1 amide bonds. The number of halogens is 1. The summed E-state index contributed by atoms with van der Waals surface area (Å²) in [7, 11) is 3.33. The second-order valence-electron chi connectivity index (χ2n) is 8.75. The molecule has 3 N–H and O–H groups in total. The van der Waals surface area contributed by atoms with Crippen LogP contribution in [0.2, 0.25) is 5.02 Å². The number of benzene rings is 2. The van der Waals surface area contributed by atoms with Crippen LogP contribution in [0.1, 0.15) is 21.5 Å². The van der Waals surface area contributed by atoms with Crippen LogP contribution >= 0.6 is 11.6 Å². The van der Waals surface area contributed by atoms with Crippen molar-refractivity contribution in [2.24, 2.45) is 0 Å². The molecule has 1 aliphatic heterocycles. The quantitative estimate of drug-likeness (QED) is 0.323. The van der Waals surface area contributed by atoms with Gasteiger partial charge >= 0.3 is 0 Å². The average molecular weight is 525 g/mol. The van der Waals surface area contributed by atoms with E-state index >= 15 is 0 Å². The number of nitrogens with one attached hydrogen (secondary N) is 3. The Hall–Kier alpha value is -3.24. The molecule has 0 saturated heterocycles. The number of carbonyl (C=O) groups is 1. The van der Waals surface area contributed by atoms with Crippen molar-refractivity contribution in [3.63, 3.8) is 0 Å². The number of para-hydroxylation sites is 1. The number of methoxy groups -OCH3 is 2. The average Bonchev–Trinajstić information content (AvgIpc) is 3.11. The summed E-state index contributed by atoms with van der Waals surface area (Å²) in [6.45, 7) is 4.58. The zero-order chi connectivity index (χ0) is 26.0. The van der Waals surface area contributed by atoms with Crippen LogP contribution in [-0.2, 0) is 22.3 Å². The number of amides is 1. The van der Waals surface area contributed by atoms with Gasteiger partial charge in [0, 0.05) is 46.1 Å². The van der Waals surface area contributed by atoms with E-state index in [2.05, 4.69) is 43.0 Å². The molecule has 9 nitrogen and oxygen atoms in total. The third-order valence-electron chi connectivity index (χ3n) is 6.23. The van der Waals surface area contributed by atoms with Gasteiger partial charge in [0.2, 0.25) is 5.95 Å². The van der Waals surface area contributed by atoms with Gasteiger partial charge in [-0.05, 0) is 48.2 Å². The minimum Gasteiger partial charge on any atom is -0.383 e. The molecule has 0 saturated carbocycles. The van der Waals surface area contributed by atoms with Crippen molar-refractivity contribution in [1.29, 1.82) is 0 Å². The summed E-state index contributed by atoms with van der Waals surface area (Å²) in [4.78, 5) is 24.0. The van der Waals surface area contributed by atoms with Gasteiger partial charge in [-0.15, -0.1) is 0 Å². The van der Waals surface area contributed by atoms with E-state index in [1.807, 2.05) is 12.1 Å². The van der Waals surface area contributed by atoms with Gasteiger partial charge in [0.05, 0.1) is 30.7 Å². The van der Waals surface area contributed by atoms with Crippen molar-refractivity contribution in [2.75, 3.05) is 64.2 Å². The van der Waals surface area contributed by atoms with Gasteiger partial charge in [-0.2, -0.15) is 4.98 Å². The second-order valence-corrected chi connectivity index (χ2v) is 9.16. The number of aromatic nitrogens is 2. The summed E-state index contributed by atoms with van der Waals surface area (Å²) < 4.78 is 10.2. The summed E-state index contributed by atoms with van der Waals surface area (Å²) >= 11 is 6.40. The molecule has 0 fully saturated rings. The molecule has 2 aromatic carbocycles. The van der Waals surface area contributed by atoms with Crippen molar-refractivity contribution < 1.29 is 14.3 Å². The SMILES string of the molecule is COCCNC(=O)c1ccccc1Nc1nc(Nc2ccc3c(c2)CCN(CCOC)CC3)ncc1Cl. The van der Waals surface area contributed by atoms with E-state index < -0.39 is 0 Å². The molecule has 0 atom stereocenters. The molecule has 37 heavy (non-hydrogen) atoms. The highest BCUT2D eigenvalue weighted by atomic mass is 35.5. The summed E-state index contributed by atoms with van der Waals surface area (Å²) in [5.41, 5.74) is 4.67. The first-order chi connectivity index (χ1) is 18.1. The number of hydrogen-bond acceptors (Lipinski definition) is 8. The second kappa shape index (κ2) is 13.3. The molecular formula is C27H33ClN6O3. The predicted octanol–water partition coefficient (Wildman–Crippen LogP) is 4.04. The minimum atomic E-state index is -0.213. The van der Waals surface area contributed by atoms with Crippen LogP contribution in [0.4, 0.5) is 23.1 Å². The van der Waals surface area contributed by atoms with Crippen molar-refractivity contribution in [1.82, 2.24) is 20.2 Å². The normalized spacial score (nSPS) is 13.5. The molecule has 2 heterocycles. The van der Waals surface area contributed by atoms with E-state index in [1.165, 1.54) is 17.3 Å². The maximum Gasteiger partial charge on any atom is 0.253 e. The Bertz CT molecular complexity index is 1210. The van der Waals surface area contributed by atoms with Crippen LogP contribution < -0.4 is 16.0 Å². The van der Waals surface area contributed by atoms with Crippen LogP contribution in [0.15, 0.2) is 48.7 Å². The number of hydrogen-bond donors (Lipinski definition) is 3. The number of rotatable bonds is 11. The Labute approximate surface area is 222 Å². The topological polar surface area (TPSA) is 101 Å². The van der Waals surface area contributed by atoms with E-state index in [0.29, 0.717) is 41.2 Å². The predicted molar refractivity (Wildman–Crippen MR) is 146 cm³/mol. The molecule has 0 radical (unpaired) electrons. The third-order valence-corrected chi connectivity index (χ3v) is 6.51. The molecule has 0 bridgehead atoms. The first-order valence-corrected chi connectivity index (χ1v) is 12.7. The van der Waals surface area contributed by atoms with Crippen LogP contribution in [0, 0.1) is 0 Å². The number of nitrogens with zero attached hydrogens (tertiary/aromatic N) is 3. The van der Waals surface area contributed by atoms with Gasteiger partial charge < -0.3 is 30.3 Å². The summed E-state index contributed by atoms with van der Waals surface area (Å²) in [6, 6.07) is 13.6. The van der Waals surface area contributed by atoms with Crippen LogP contribution in [0.5, 0.6) is 0 Å². The van der Waals surface area contributed by atoms with Gasteiger partial charge in [0.1, 0.15) is 5.02 Å². The van der Waals surface area contributed by atoms with Crippen molar-refractivity contribution in [3.05, 3.63) is 70.4 Å². The van der Waals surface area contributed by atoms with E-state index in [4.69, 9.17) is 21.1 Å². The number of ether oxygens (including phenoxy) is 2. The first-order valence-electron chi connectivity index (χ1n) is 12.3. The van der Waals surface area contributed by atoms with Gasteiger partial charge in [0.25, 0.3) is 5.91 Å². The monoisotopic (exact) mass is 524 g/mol. The van der Waals surface area contributed by atoms with E-state index in [1.54, 1.807) is 32.4 Å². The Morgan fingerprint density at radius 1 is 1.03 bits per heavy atom. The Kier molecular flexibility index (Phi) is 9.67.